The number of likely N-dealkylation sites (tertiary alicyclic amines) is 1. The van der Waals surface area contributed by atoms with Crippen molar-refractivity contribution in [2.45, 2.75) is 51.2 Å². The predicted molar refractivity (Wildman–Crippen MR) is 93.0 cm³/mol. The Kier molecular flexibility index (Phi) is 7.73. The standard InChI is InChI=1S/C19H27NO5/c21-17(18(22)23)9-5-4-6-15-10-12-20(13-11-15)19(24)25-14-16-7-2-1-3-8-16/h1-3,7-8,15,17,21H,4-6,9-14H2,(H,22,23)/t17-/m1/s1. The molecule has 1 heterocycles. The lowest BCUT2D eigenvalue weighted by atomic mass is 9.91. The van der Waals surface area contributed by atoms with E-state index in [1.165, 1.54) is 0 Å². The van der Waals surface area contributed by atoms with Gasteiger partial charge in [0.25, 0.3) is 0 Å². The van der Waals surface area contributed by atoms with Crippen LogP contribution < -0.4 is 0 Å². The number of benzene rings is 1. The molecule has 0 bridgehead atoms. The highest BCUT2D eigenvalue weighted by Crippen LogP contribution is 2.23. The second-order valence-electron chi connectivity index (χ2n) is 6.61. The highest BCUT2D eigenvalue weighted by atomic mass is 16.6. The Labute approximate surface area is 148 Å². The first-order chi connectivity index (χ1) is 12.1. The Morgan fingerprint density at radius 2 is 1.84 bits per heavy atom. The molecular weight excluding hydrogens is 322 g/mol. The molecule has 0 radical (unpaired) electrons. The Hall–Kier alpha value is -2.08. The van der Waals surface area contributed by atoms with Gasteiger partial charge in [-0.2, -0.15) is 0 Å². The van der Waals surface area contributed by atoms with E-state index in [0.717, 1.165) is 31.2 Å². The minimum atomic E-state index is -1.25. The number of unbranched alkanes of at least 4 members (excludes halogenated alkanes) is 1. The van der Waals surface area contributed by atoms with Crippen LogP contribution in [0.1, 0.15) is 44.1 Å². The summed E-state index contributed by atoms with van der Waals surface area (Å²) in [4.78, 5) is 24.4. The maximum atomic E-state index is 12.1. The SMILES string of the molecule is O=C(O)[C@H](O)CCCCC1CCN(C(=O)OCc2ccccc2)CC1. The maximum absolute atomic E-state index is 12.1. The molecule has 1 atom stereocenters. The molecule has 2 N–H and O–H groups in total. The quantitative estimate of drug-likeness (QED) is 0.705. The van der Waals surface area contributed by atoms with Crippen LogP contribution in [-0.4, -0.2) is 46.4 Å². The number of rotatable bonds is 8. The molecule has 138 valence electrons. The van der Waals surface area contributed by atoms with E-state index in [0.29, 0.717) is 38.5 Å². The van der Waals surface area contributed by atoms with Gasteiger partial charge in [-0.15, -0.1) is 0 Å². The molecule has 1 aliphatic heterocycles. The van der Waals surface area contributed by atoms with Gasteiger partial charge < -0.3 is 19.8 Å². The van der Waals surface area contributed by atoms with Gasteiger partial charge >= 0.3 is 12.1 Å². The van der Waals surface area contributed by atoms with Crippen molar-refractivity contribution in [1.29, 1.82) is 0 Å². The molecular formula is C19H27NO5. The number of nitrogens with zero attached hydrogens (tertiary/aromatic N) is 1. The molecule has 2 rings (SSSR count). The van der Waals surface area contributed by atoms with Crippen LogP contribution >= 0.6 is 0 Å². The second-order valence-corrected chi connectivity index (χ2v) is 6.61. The van der Waals surface area contributed by atoms with E-state index in [9.17, 15) is 14.7 Å². The molecule has 1 saturated heterocycles. The average Bonchev–Trinajstić information content (AvgIpc) is 2.64. The summed E-state index contributed by atoms with van der Waals surface area (Å²) in [7, 11) is 0. The molecule has 1 aromatic carbocycles. The summed E-state index contributed by atoms with van der Waals surface area (Å²) in [6, 6.07) is 9.63. The molecule has 0 saturated carbocycles. The number of amides is 1. The van der Waals surface area contributed by atoms with E-state index in [2.05, 4.69) is 0 Å². The van der Waals surface area contributed by atoms with Crippen LogP contribution in [0.25, 0.3) is 0 Å². The van der Waals surface area contributed by atoms with E-state index in [-0.39, 0.29) is 6.09 Å². The largest absolute Gasteiger partial charge is 0.479 e. The summed E-state index contributed by atoms with van der Waals surface area (Å²) in [5.41, 5.74) is 0.981. The van der Waals surface area contributed by atoms with Crippen LogP contribution in [0.3, 0.4) is 0 Å². The molecule has 6 nitrogen and oxygen atoms in total. The van der Waals surface area contributed by atoms with Gasteiger partial charge in [0.1, 0.15) is 6.61 Å². The number of aliphatic carboxylic acids is 1. The first-order valence-electron chi connectivity index (χ1n) is 8.92. The summed E-state index contributed by atoms with van der Waals surface area (Å²) in [6.07, 6.45) is 3.33. The maximum Gasteiger partial charge on any atom is 0.410 e. The number of hydrogen-bond donors (Lipinski definition) is 2. The smallest absolute Gasteiger partial charge is 0.410 e. The van der Waals surface area contributed by atoms with Crippen molar-refractivity contribution in [3.63, 3.8) is 0 Å². The fourth-order valence-corrected chi connectivity index (χ4v) is 3.11. The van der Waals surface area contributed by atoms with Gasteiger partial charge in [-0.3, -0.25) is 0 Å². The van der Waals surface area contributed by atoms with Crippen LogP contribution in [-0.2, 0) is 16.1 Å². The summed E-state index contributed by atoms with van der Waals surface area (Å²) in [6.45, 7) is 1.71. The molecule has 1 aromatic rings. The number of ether oxygens (including phenoxy) is 1. The zero-order chi connectivity index (χ0) is 18.1. The van der Waals surface area contributed by atoms with Crippen LogP contribution in [0.4, 0.5) is 4.79 Å². The third-order valence-electron chi connectivity index (χ3n) is 4.70. The predicted octanol–water partition coefficient (Wildman–Crippen LogP) is 3.04. The van der Waals surface area contributed by atoms with Crippen LogP contribution in [0.2, 0.25) is 0 Å². The molecule has 6 heteroatoms. The number of piperidine rings is 1. The third kappa shape index (κ3) is 6.74. The second kappa shape index (κ2) is 10.0. The topological polar surface area (TPSA) is 87.1 Å². The molecule has 0 aliphatic carbocycles. The van der Waals surface area contributed by atoms with Crippen LogP contribution in [0.5, 0.6) is 0 Å². The van der Waals surface area contributed by atoms with Crippen molar-refractivity contribution in [2.24, 2.45) is 5.92 Å². The van der Waals surface area contributed by atoms with E-state index in [4.69, 9.17) is 9.84 Å². The number of carbonyl (C=O) groups is 2. The Balaban J connectivity index is 1.59. The van der Waals surface area contributed by atoms with Gasteiger partial charge in [0.05, 0.1) is 0 Å². The molecule has 1 aliphatic rings. The van der Waals surface area contributed by atoms with Crippen LogP contribution in [0.15, 0.2) is 30.3 Å². The van der Waals surface area contributed by atoms with Gasteiger partial charge in [0.2, 0.25) is 0 Å². The molecule has 0 spiro atoms. The van der Waals surface area contributed by atoms with Crippen molar-refractivity contribution in [3.05, 3.63) is 35.9 Å². The highest BCUT2D eigenvalue weighted by molar-refractivity contribution is 5.71. The zero-order valence-electron chi connectivity index (χ0n) is 14.5. The number of carboxylic acids is 1. The fourth-order valence-electron chi connectivity index (χ4n) is 3.11. The van der Waals surface area contributed by atoms with Gasteiger partial charge in [-0.25, -0.2) is 9.59 Å². The minimum absolute atomic E-state index is 0.258. The zero-order valence-corrected chi connectivity index (χ0v) is 14.5. The fraction of sp³-hybridized carbons (Fsp3) is 0.579. The first-order valence-corrected chi connectivity index (χ1v) is 8.92. The van der Waals surface area contributed by atoms with Gasteiger partial charge in [0.15, 0.2) is 6.10 Å². The number of carboxylic acid groups (broad SMARTS) is 1. The van der Waals surface area contributed by atoms with Gasteiger partial charge in [-0.1, -0.05) is 49.6 Å². The number of hydrogen-bond acceptors (Lipinski definition) is 4. The van der Waals surface area contributed by atoms with Gasteiger partial charge in [-0.05, 0) is 30.7 Å². The lowest BCUT2D eigenvalue weighted by molar-refractivity contribution is -0.146. The van der Waals surface area contributed by atoms with Crippen molar-refractivity contribution < 1.29 is 24.5 Å². The molecule has 1 amide bonds. The van der Waals surface area contributed by atoms with E-state index < -0.39 is 12.1 Å². The van der Waals surface area contributed by atoms with E-state index in [1.54, 1.807) is 4.90 Å². The summed E-state index contributed by atoms with van der Waals surface area (Å²) in [5.74, 6) is -0.595. The lowest BCUT2D eigenvalue weighted by Crippen LogP contribution is -2.38. The summed E-state index contributed by atoms with van der Waals surface area (Å²) < 4.78 is 5.35. The van der Waals surface area contributed by atoms with Crippen LogP contribution in [0, 0.1) is 5.92 Å². The van der Waals surface area contributed by atoms with Crippen molar-refractivity contribution in [1.82, 2.24) is 4.90 Å². The minimum Gasteiger partial charge on any atom is -0.479 e. The molecule has 0 unspecified atom stereocenters. The lowest BCUT2D eigenvalue weighted by Gasteiger charge is -2.31. The van der Waals surface area contributed by atoms with Crippen molar-refractivity contribution in [3.8, 4) is 0 Å². The number of aliphatic hydroxyl groups excluding tert-OH is 1. The normalized spacial score (nSPS) is 16.4. The van der Waals surface area contributed by atoms with Gasteiger partial charge in [0, 0.05) is 13.1 Å². The number of aliphatic hydroxyl groups is 1. The Bertz CT molecular complexity index is 540. The average molecular weight is 349 g/mol. The molecule has 25 heavy (non-hydrogen) atoms. The highest BCUT2D eigenvalue weighted by Gasteiger charge is 2.23. The third-order valence-corrected chi connectivity index (χ3v) is 4.70. The van der Waals surface area contributed by atoms with Crippen molar-refractivity contribution >= 4 is 12.1 Å². The molecule has 1 fully saturated rings. The summed E-state index contributed by atoms with van der Waals surface area (Å²) in [5, 5.41) is 17.9. The first kappa shape index (κ1) is 19.2. The van der Waals surface area contributed by atoms with E-state index in [1.807, 2.05) is 30.3 Å². The Morgan fingerprint density at radius 1 is 1.16 bits per heavy atom. The summed E-state index contributed by atoms with van der Waals surface area (Å²) >= 11 is 0. The molecule has 0 aromatic heterocycles. The monoisotopic (exact) mass is 349 g/mol. The van der Waals surface area contributed by atoms with Crippen molar-refractivity contribution in [2.75, 3.05) is 13.1 Å². The van der Waals surface area contributed by atoms with E-state index >= 15 is 0 Å². The Morgan fingerprint density at radius 3 is 2.48 bits per heavy atom. The number of carbonyl (C=O) groups excluding carboxylic acids is 1.